The van der Waals surface area contributed by atoms with E-state index in [0.717, 1.165) is 0 Å². The van der Waals surface area contributed by atoms with E-state index in [0.29, 0.717) is 0 Å². The summed E-state index contributed by atoms with van der Waals surface area (Å²) in [6, 6.07) is 0. The van der Waals surface area contributed by atoms with E-state index in [4.69, 9.17) is 14.7 Å². The summed E-state index contributed by atoms with van der Waals surface area (Å²) < 4.78 is 38.4. The Balaban J connectivity index is 0. The minimum absolute atomic E-state index is 0.0486. The van der Waals surface area contributed by atoms with Gasteiger partial charge in [0.2, 0.25) is 0 Å². The topological polar surface area (TPSA) is 130 Å². The van der Waals surface area contributed by atoms with Crippen molar-refractivity contribution in [1.29, 1.82) is 0 Å². The second-order valence-electron chi connectivity index (χ2n) is 2.35. The molecule has 0 spiro atoms. The number of rotatable bonds is 7. The molecule has 3 N–H and O–H groups in total. The van der Waals surface area contributed by atoms with Gasteiger partial charge in [0, 0.05) is 0 Å². The molecule has 0 aliphatic carbocycles. The van der Waals surface area contributed by atoms with Gasteiger partial charge in [-0.25, -0.2) is 4.31 Å². The summed E-state index contributed by atoms with van der Waals surface area (Å²) >= 11 is 0. The Labute approximate surface area is 100 Å². The Hall–Kier alpha value is -0.0300. The highest BCUT2D eigenvalue weighted by atomic mass is 31.2. The minimum atomic E-state index is -3.78. The third-order valence-corrected chi connectivity index (χ3v) is 3.36. The molecule has 2 atom stereocenters. The van der Waals surface area contributed by atoms with Crippen molar-refractivity contribution >= 4 is 24.1 Å². The van der Waals surface area contributed by atoms with Crippen molar-refractivity contribution < 1.29 is 37.2 Å². The zero-order valence-corrected chi connectivity index (χ0v) is 11.7. The molecule has 0 amide bonds. The normalized spacial score (nSPS) is 14.1. The number of hydrogen-bond donors (Lipinski definition) is 3. The lowest BCUT2D eigenvalue weighted by molar-refractivity contribution is 0.307. The number of hydrogen-bond acceptors (Lipinski definition) is 5. The van der Waals surface area contributed by atoms with Gasteiger partial charge >= 0.3 is 24.1 Å². The van der Waals surface area contributed by atoms with Crippen LogP contribution < -0.4 is 0 Å². The first-order valence-electron chi connectivity index (χ1n) is 4.06. The van der Waals surface area contributed by atoms with Crippen molar-refractivity contribution in [2.45, 2.75) is 0 Å². The van der Waals surface area contributed by atoms with E-state index >= 15 is 0 Å². The van der Waals surface area contributed by atoms with Crippen molar-refractivity contribution in [3.63, 3.8) is 0 Å². The first kappa shape index (κ1) is 19.3. The van der Waals surface area contributed by atoms with Crippen LogP contribution in [0.2, 0.25) is 0 Å². The van der Waals surface area contributed by atoms with Crippen LogP contribution in [-0.2, 0) is 22.5 Å². The number of allylic oxidation sites excluding steroid dienone is 1. The maximum absolute atomic E-state index is 10.4. The highest BCUT2D eigenvalue weighted by Gasteiger charge is 2.06. The standard InChI is InChI=1S/C3H8O5P2.C3H7O3P/c1-2-3-7-10(6)8-9(4)5;1-2-3-7(4,5)6/h2,9-10H,1,3H2,(H,4,5);2H,1,3H2,(H2,4,5,6). The first-order valence-corrected chi connectivity index (χ1v) is 8.35. The van der Waals surface area contributed by atoms with Crippen LogP contribution in [0.25, 0.3) is 0 Å². The summed E-state index contributed by atoms with van der Waals surface area (Å²) in [4.78, 5) is 24.2. The Morgan fingerprint density at radius 2 is 1.76 bits per heavy atom. The molecule has 0 aromatic heterocycles. The molecular weight excluding hydrogens is 293 g/mol. The quantitative estimate of drug-likeness (QED) is 0.474. The Kier molecular flexibility index (Phi) is 12.6. The molecule has 102 valence electrons. The summed E-state index contributed by atoms with van der Waals surface area (Å²) in [5, 5.41) is 0. The highest BCUT2D eigenvalue weighted by molar-refractivity contribution is 7.51. The fourth-order valence-electron chi connectivity index (χ4n) is 0.396. The second kappa shape index (κ2) is 11.1. The molecule has 2 unspecified atom stereocenters. The van der Waals surface area contributed by atoms with Gasteiger partial charge in [-0.2, -0.15) is 0 Å². The van der Waals surface area contributed by atoms with Gasteiger partial charge in [0.25, 0.3) is 0 Å². The van der Waals surface area contributed by atoms with Crippen LogP contribution in [0, 0.1) is 0 Å². The molecule has 0 aliphatic heterocycles. The molecule has 0 saturated heterocycles. The molecule has 0 radical (unpaired) electrons. The van der Waals surface area contributed by atoms with Crippen molar-refractivity contribution in [2.24, 2.45) is 0 Å². The van der Waals surface area contributed by atoms with Crippen molar-refractivity contribution in [2.75, 3.05) is 12.8 Å². The van der Waals surface area contributed by atoms with E-state index in [9.17, 15) is 13.7 Å². The fraction of sp³-hybridized carbons (Fsp3) is 0.333. The first-order chi connectivity index (χ1) is 7.72. The summed E-state index contributed by atoms with van der Waals surface area (Å²) in [6.07, 6.45) is 2.33. The van der Waals surface area contributed by atoms with Crippen LogP contribution in [0.5, 0.6) is 0 Å². The third-order valence-electron chi connectivity index (χ3n) is 0.857. The Bertz CT molecular complexity index is 321. The summed E-state index contributed by atoms with van der Waals surface area (Å²) in [7, 11) is -9.71. The van der Waals surface area contributed by atoms with Crippen molar-refractivity contribution in [3.8, 4) is 0 Å². The molecule has 0 fully saturated rings. The lowest BCUT2D eigenvalue weighted by Gasteiger charge is -1.97. The van der Waals surface area contributed by atoms with Crippen LogP contribution in [0.4, 0.5) is 0 Å². The molecule has 0 heterocycles. The zero-order valence-electron chi connectivity index (χ0n) is 8.81. The van der Waals surface area contributed by atoms with Crippen LogP contribution in [0.3, 0.4) is 0 Å². The van der Waals surface area contributed by atoms with Crippen molar-refractivity contribution in [3.05, 3.63) is 25.3 Å². The van der Waals surface area contributed by atoms with Gasteiger partial charge in [-0.15, -0.1) is 13.2 Å². The molecule has 17 heavy (non-hydrogen) atoms. The average Bonchev–Trinajstić information content (AvgIpc) is 2.12. The van der Waals surface area contributed by atoms with Gasteiger partial charge in [-0.3, -0.25) is 13.7 Å². The smallest absolute Gasteiger partial charge is 0.326 e. The zero-order chi connectivity index (χ0) is 13.9. The van der Waals surface area contributed by atoms with Crippen molar-refractivity contribution in [1.82, 2.24) is 0 Å². The summed E-state index contributed by atoms with van der Waals surface area (Å²) in [6.45, 7) is 6.48. The molecule has 0 aromatic rings. The predicted molar refractivity (Wildman–Crippen MR) is 64.6 cm³/mol. The van der Waals surface area contributed by atoms with E-state index in [2.05, 4.69) is 22.0 Å². The maximum Gasteiger partial charge on any atom is 0.329 e. The van der Waals surface area contributed by atoms with E-state index in [1.165, 1.54) is 12.2 Å². The van der Waals surface area contributed by atoms with Crippen LogP contribution in [-0.4, -0.2) is 27.4 Å². The molecule has 0 rings (SSSR count). The lowest BCUT2D eigenvalue weighted by Crippen LogP contribution is -1.78. The average molecular weight is 308 g/mol. The molecular formula is C6H15O8P3. The monoisotopic (exact) mass is 308 g/mol. The Morgan fingerprint density at radius 3 is 2.00 bits per heavy atom. The van der Waals surface area contributed by atoms with E-state index in [1.807, 2.05) is 0 Å². The van der Waals surface area contributed by atoms with E-state index in [-0.39, 0.29) is 12.8 Å². The van der Waals surface area contributed by atoms with E-state index < -0.39 is 24.1 Å². The fourth-order valence-corrected chi connectivity index (χ4v) is 1.79. The lowest BCUT2D eigenvalue weighted by atomic mass is 10.7. The third kappa shape index (κ3) is 21.8. The molecule has 0 aliphatic rings. The highest BCUT2D eigenvalue weighted by Crippen LogP contribution is 2.35. The van der Waals surface area contributed by atoms with Gasteiger partial charge in [0.1, 0.15) is 0 Å². The van der Waals surface area contributed by atoms with Gasteiger partial charge in [0.15, 0.2) is 0 Å². The molecule has 0 bridgehead atoms. The minimum Gasteiger partial charge on any atom is -0.326 e. The van der Waals surface area contributed by atoms with E-state index in [1.54, 1.807) is 0 Å². The SMILES string of the molecule is C=CCO[PH](=O)O[PH](=O)O.C=CCP(=O)(O)O. The molecule has 0 saturated carbocycles. The second-order valence-corrected chi connectivity index (χ2v) is 6.19. The molecule has 11 heteroatoms. The molecule has 0 aromatic carbocycles. The van der Waals surface area contributed by atoms with Gasteiger partial charge < -0.3 is 19.2 Å². The maximum atomic E-state index is 10.4. The van der Waals surface area contributed by atoms with Crippen LogP contribution >= 0.6 is 24.1 Å². The summed E-state index contributed by atoms with van der Waals surface area (Å²) in [5.41, 5.74) is 0. The predicted octanol–water partition coefficient (Wildman–Crippen LogP) is 1.33. The van der Waals surface area contributed by atoms with Crippen LogP contribution in [0.15, 0.2) is 25.3 Å². The molecule has 8 nitrogen and oxygen atoms in total. The summed E-state index contributed by atoms with van der Waals surface area (Å²) in [5.74, 6) is 0. The van der Waals surface area contributed by atoms with Gasteiger partial charge in [-0.1, -0.05) is 12.2 Å². The van der Waals surface area contributed by atoms with Gasteiger partial charge in [0.05, 0.1) is 12.8 Å². The Morgan fingerprint density at radius 1 is 1.24 bits per heavy atom. The van der Waals surface area contributed by atoms with Crippen LogP contribution in [0.1, 0.15) is 0 Å². The largest absolute Gasteiger partial charge is 0.329 e. The van der Waals surface area contributed by atoms with Gasteiger partial charge in [-0.05, 0) is 0 Å².